The molecular formula is C102H124N4+4. The smallest absolute Gasteiger partial charge is 0.201 e. The Morgan fingerprint density at radius 3 is 0.830 bits per heavy atom. The second-order valence-corrected chi connectivity index (χ2v) is 30.6. The second-order valence-electron chi connectivity index (χ2n) is 30.6. The van der Waals surface area contributed by atoms with E-state index in [9.17, 15) is 0 Å². The standard InChI is InChI=1S/2C26H32N.2C25H30N/c1-18-14-25(27(7)17-22(18)16-26(4,5)6)24-15-23(19(2)13-20(24)3)21-11-9-8-10-12-21;1-18-13-19(2)24(15-23(18)21-11-9-8-10-12-21)25-14-22(16-26(4,5)6)20(3)17-27(25)7;1-17(2)12-22-16-26(6)25(14-18(22)3)24-15-23(19(4)13-20(24)5)21-10-8-7-9-11-21;1-17(2)12-22-14-25(26(6)16-20(22)5)24-15-23(18(3)13-19(24)4)21-10-8-7-9-11-21/h2*8-15,17H,16H2,1-7H3;2*7-11,13-17H,12H2,1-6H3/q4*+1/i2D3,16D2;1D3,3D3,16D2;4D3,12D2;3D3,5D3,12D2. The third kappa shape index (κ3) is 20.5. The SMILES string of the molecule is [2H]C([2H])([2H])c1cc(C)c(-c2cc(C([2H])([2H])C(C)(C)C)c(C([2H])([2H])[2H])c[n+]2C)cc1-c1ccccc1.[2H]C([2H])([2H])c1cc(C)c(-c2cc(C([2H])([2H])C(C)C)c(C([2H])([2H])[2H])c[n+]2C)cc1-c1ccccc1.[2H]C([2H])([2H])c1cc(C)c(-c2cc(C)c(C([2H])([2H])C(C)(C)C)c[n+]2C)cc1-c1ccccc1.[2H]C([2H])([2H])c1cc(C)c(-c2cc(C)c(C([2H])([2H])C(C)C)c[n+]2C)cc1-c1ccccc1. The fourth-order valence-electron chi connectivity index (χ4n) is 13.2. The van der Waals surface area contributed by atoms with Gasteiger partial charge in [0, 0.05) is 104 Å². The minimum absolute atomic E-state index is 0.0301. The van der Waals surface area contributed by atoms with Gasteiger partial charge in [-0.05, 0) is 266 Å². The van der Waals surface area contributed by atoms with E-state index in [4.69, 9.17) is 35.6 Å². The van der Waals surface area contributed by atoms with Crippen molar-refractivity contribution in [3.63, 3.8) is 0 Å². The first-order valence-corrected chi connectivity index (χ1v) is 36.3. The number of pyridine rings is 4. The normalized spacial score (nSPS) is 16.3. The first-order valence-electron chi connectivity index (χ1n) is 49.3. The fourth-order valence-corrected chi connectivity index (χ4v) is 13.2. The molecule has 548 valence electrons. The van der Waals surface area contributed by atoms with Crippen molar-refractivity contribution in [2.75, 3.05) is 0 Å². The average Bonchev–Trinajstić information content (AvgIpc) is 0.748. The lowest BCUT2D eigenvalue weighted by Gasteiger charge is -2.20. The van der Waals surface area contributed by atoms with Crippen LogP contribution in [0.2, 0.25) is 0 Å². The first kappa shape index (κ1) is 51.6. The van der Waals surface area contributed by atoms with Gasteiger partial charge in [-0.25, -0.2) is 18.3 Å². The second kappa shape index (κ2) is 34.7. The van der Waals surface area contributed by atoms with Gasteiger partial charge in [0.1, 0.15) is 28.2 Å². The van der Waals surface area contributed by atoms with Gasteiger partial charge < -0.3 is 0 Å². The van der Waals surface area contributed by atoms with Gasteiger partial charge in [0.15, 0.2) is 24.8 Å². The molecule has 12 rings (SSSR count). The van der Waals surface area contributed by atoms with Crippen LogP contribution in [0.4, 0.5) is 0 Å². The monoisotopic (exact) mass is 1430 g/mol. The van der Waals surface area contributed by atoms with Crippen LogP contribution in [0, 0.1) is 105 Å². The number of rotatable bonds is 14. The maximum absolute atomic E-state index is 8.85. The van der Waals surface area contributed by atoms with E-state index >= 15 is 0 Å². The molecule has 0 saturated heterocycles. The summed E-state index contributed by atoms with van der Waals surface area (Å²) in [6.07, 6.45) is -0.0640. The molecule has 0 radical (unpaired) electrons. The lowest BCUT2D eigenvalue weighted by Crippen LogP contribution is -2.32. The molecular weight excluding hydrogens is 1280 g/mol. The minimum atomic E-state index is -2.50. The van der Waals surface area contributed by atoms with Crippen molar-refractivity contribution in [3.05, 3.63) is 308 Å². The zero-order valence-corrected chi connectivity index (χ0v) is 65.7. The highest BCUT2D eigenvalue weighted by Gasteiger charge is 2.25. The highest BCUT2D eigenvalue weighted by Crippen LogP contribution is 2.38. The predicted molar refractivity (Wildman–Crippen MR) is 454 cm³/mol. The van der Waals surface area contributed by atoms with Gasteiger partial charge >= 0.3 is 0 Å². The highest BCUT2D eigenvalue weighted by atomic mass is 14.9. The third-order valence-corrected chi connectivity index (χ3v) is 18.3. The van der Waals surface area contributed by atoms with E-state index in [0.29, 0.717) is 78.1 Å². The molecule has 4 nitrogen and oxygen atoms in total. The summed E-state index contributed by atoms with van der Waals surface area (Å²) in [6, 6.07) is 59.3. The molecule has 0 N–H and O–H groups in total. The van der Waals surface area contributed by atoms with Gasteiger partial charge in [0.25, 0.3) is 0 Å². The molecule has 0 amide bonds. The van der Waals surface area contributed by atoms with Gasteiger partial charge in [0.2, 0.25) is 22.8 Å². The number of aryl methyl sites for hydroxylation is 16. The lowest BCUT2D eigenvalue weighted by atomic mass is 9.86. The van der Waals surface area contributed by atoms with Crippen LogP contribution < -0.4 is 18.3 Å². The Hall–Kier alpha value is -9.64. The van der Waals surface area contributed by atoms with Crippen LogP contribution in [0.15, 0.2) is 219 Å². The molecule has 0 saturated carbocycles. The van der Waals surface area contributed by atoms with Crippen molar-refractivity contribution in [2.45, 2.75) is 177 Å². The summed E-state index contributed by atoms with van der Waals surface area (Å²) in [5.41, 5.74) is 18.3. The highest BCUT2D eigenvalue weighted by molar-refractivity contribution is 5.80. The van der Waals surface area contributed by atoms with E-state index in [1.165, 1.54) is 12.4 Å². The Balaban J connectivity index is 0.000000198. The molecule has 0 aliphatic rings. The van der Waals surface area contributed by atoms with E-state index in [1.807, 2.05) is 270 Å². The molecule has 0 aliphatic heterocycles. The quantitative estimate of drug-likeness (QED) is 0.0965. The number of nitrogens with zero attached hydrogens (tertiary/aromatic N) is 4. The maximum Gasteiger partial charge on any atom is 0.212 e. The molecule has 8 aromatic carbocycles. The number of aromatic nitrogens is 4. The maximum atomic E-state index is 8.85. The Kier molecular flexibility index (Phi) is 16.9. The van der Waals surface area contributed by atoms with Gasteiger partial charge in [-0.2, -0.15) is 0 Å². The first-order chi connectivity index (χ1) is 60.4. The van der Waals surface area contributed by atoms with Crippen molar-refractivity contribution < 1.29 is 53.9 Å². The summed E-state index contributed by atoms with van der Waals surface area (Å²) in [4.78, 5) is 0. The Bertz CT molecular complexity index is 6160. The van der Waals surface area contributed by atoms with Crippen LogP contribution in [-0.4, -0.2) is 0 Å². The lowest BCUT2D eigenvalue weighted by molar-refractivity contribution is -0.661. The summed E-state index contributed by atoms with van der Waals surface area (Å²) < 4.78 is 221. The van der Waals surface area contributed by atoms with Gasteiger partial charge in [-0.3, -0.25) is 0 Å². The molecule has 4 aromatic heterocycles. The Morgan fingerprint density at radius 1 is 0.274 bits per heavy atom. The van der Waals surface area contributed by atoms with E-state index in [1.54, 1.807) is 94.2 Å². The minimum Gasteiger partial charge on any atom is -0.201 e. The summed E-state index contributed by atoms with van der Waals surface area (Å²) in [7, 11) is 7.27. The van der Waals surface area contributed by atoms with Crippen molar-refractivity contribution >= 4 is 0 Å². The van der Waals surface area contributed by atoms with E-state index in [0.717, 1.165) is 67.0 Å². The molecule has 4 heterocycles. The average molecular weight is 1430 g/mol. The van der Waals surface area contributed by atoms with Crippen molar-refractivity contribution in [1.29, 1.82) is 0 Å². The molecule has 12 aromatic rings. The van der Waals surface area contributed by atoms with Crippen molar-refractivity contribution in [3.8, 4) is 89.5 Å². The number of hydrogen-bond donors (Lipinski definition) is 0. The molecule has 0 atom stereocenters. The summed E-state index contributed by atoms with van der Waals surface area (Å²) in [5.74, 6) is -0.602. The van der Waals surface area contributed by atoms with Gasteiger partial charge in [0.05, 0.1) is 0 Å². The summed E-state index contributed by atoms with van der Waals surface area (Å²) in [5, 5.41) is 0. The van der Waals surface area contributed by atoms with Crippen LogP contribution >= 0.6 is 0 Å². The van der Waals surface area contributed by atoms with E-state index in [-0.39, 0.29) is 39.3 Å². The Labute approximate surface area is 677 Å². The largest absolute Gasteiger partial charge is 0.212 e. The molecule has 0 unspecified atom stereocenters. The topological polar surface area (TPSA) is 15.5 Å². The van der Waals surface area contributed by atoms with E-state index < -0.39 is 83.4 Å². The summed E-state index contributed by atoms with van der Waals surface area (Å²) in [6.45, 7) is 15.5. The Morgan fingerprint density at radius 2 is 0.528 bits per heavy atom. The van der Waals surface area contributed by atoms with Crippen LogP contribution in [0.3, 0.4) is 0 Å². The zero-order chi connectivity index (χ0) is 99.4. The van der Waals surface area contributed by atoms with Crippen LogP contribution in [0.5, 0.6) is 0 Å². The van der Waals surface area contributed by atoms with Gasteiger partial charge in [-0.15, -0.1) is 0 Å². The third-order valence-electron chi connectivity index (χ3n) is 18.3. The number of benzene rings is 8. The molecule has 0 aliphatic carbocycles. The molecule has 4 heteroatoms. The van der Waals surface area contributed by atoms with Crippen LogP contribution in [-0.2, 0) is 53.7 Å². The fraction of sp³-hybridized carbons (Fsp3) is 0.333. The zero-order valence-electron chi connectivity index (χ0n) is 91.7. The number of hydrogen-bond acceptors (Lipinski definition) is 0. The van der Waals surface area contributed by atoms with Crippen LogP contribution in [0.25, 0.3) is 89.5 Å². The molecule has 106 heavy (non-hydrogen) atoms. The van der Waals surface area contributed by atoms with E-state index in [2.05, 4.69) is 0 Å². The molecule has 0 spiro atoms. The van der Waals surface area contributed by atoms with Crippen molar-refractivity contribution in [1.82, 2.24) is 0 Å². The van der Waals surface area contributed by atoms with Crippen molar-refractivity contribution in [2.24, 2.45) is 50.9 Å². The molecule has 0 fully saturated rings. The van der Waals surface area contributed by atoms with Crippen LogP contribution in [0.1, 0.15) is 194 Å². The van der Waals surface area contributed by atoms with Gasteiger partial charge in [-0.1, -0.05) is 215 Å². The molecule has 0 bridgehead atoms. The predicted octanol–water partition coefficient (Wildman–Crippen LogP) is 24.7. The summed E-state index contributed by atoms with van der Waals surface area (Å²) >= 11 is 0.